The smallest absolute Gasteiger partial charge is 0.129 e. The van der Waals surface area contributed by atoms with Crippen LogP contribution < -0.4 is 14.2 Å². The third-order valence-corrected chi connectivity index (χ3v) is 3.72. The molecule has 0 bridgehead atoms. The Morgan fingerprint density at radius 1 is 1.00 bits per heavy atom. The van der Waals surface area contributed by atoms with Crippen LogP contribution in [-0.2, 0) is 0 Å². The van der Waals surface area contributed by atoms with Gasteiger partial charge in [0.1, 0.15) is 23.4 Å². The van der Waals surface area contributed by atoms with Gasteiger partial charge in [0.05, 0.1) is 14.2 Å². The van der Waals surface area contributed by atoms with Gasteiger partial charge in [0.2, 0.25) is 0 Å². The normalized spacial score (nSPS) is 12.2. The van der Waals surface area contributed by atoms with Crippen LogP contribution >= 0.6 is 0 Å². The molecule has 23 heavy (non-hydrogen) atoms. The monoisotopic (exact) mass is 312 g/mol. The van der Waals surface area contributed by atoms with E-state index >= 15 is 0 Å². The zero-order valence-corrected chi connectivity index (χ0v) is 14.2. The van der Waals surface area contributed by atoms with Crippen LogP contribution in [0.2, 0.25) is 0 Å². The van der Waals surface area contributed by atoms with E-state index in [1.807, 2.05) is 37.3 Å². The zero-order valence-electron chi connectivity index (χ0n) is 14.2. The van der Waals surface area contributed by atoms with Gasteiger partial charge in [-0.2, -0.15) is 0 Å². The molecule has 122 valence electrons. The fourth-order valence-corrected chi connectivity index (χ4v) is 2.35. The first-order valence-electron chi connectivity index (χ1n) is 7.80. The molecule has 1 atom stereocenters. The summed E-state index contributed by atoms with van der Waals surface area (Å²) < 4.78 is 16.9. The first-order chi connectivity index (χ1) is 11.2. The van der Waals surface area contributed by atoms with Gasteiger partial charge in [-0.15, -0.1) is 0 Å². The van der Waals surface area contributed by atoms with Crippen molar-refractivity contribution < 1.29 is 14.2 Å². The Balaban J connectivity index is 2.17. The molecule has 0 N–H and O–H groups in total. The summed E-state index contributed by atoms with van der Waals surface area (Å²) in [7, 11) is 3.30. The molecule has 0 aliphatic carbocycles. The number of hydrogen-bond donors (Lipinski definition) is 0. The van der Waals surface area contributed by atoms with Crippen molar-refractivity contribution in [1.29, 1.82) is 0 Å². The van der Waals surface area contributed by atoms with Gasteiger partial charge in [-0.25, -0.2) is 0 Å². The van der Waals surface area contributed by atoms with Crippen molar-refractivity contribution in [3.63, 3.8) is 0 Å². The second-order valence-electron chi connectivity index (χ2n) is 5.29. The summed E-state index contributed by atoms with van der Waals surface area (Å²) in [5.74, 6) is 2.27. The SMILES string of the molecule is CCC(/C=C/c1ccccc1)Oc1cc(OC)c(C)c(OC)c1. The summed E-state index contributed by atoms with van der Waals surface area (Å²) in [4.78, 5) is 0. The Morgan fingerprint density at radius 3 is 2.13 bits per heavy atom. The lowest BCUT2D eigenvalue weighted by atomic mass is 10.1. The predicted molar refractivity (Wildman–Crippen MR) is 94.5 cm³/mol. The van der Waals surface area contributed by atoms with Crippen molar-refractivity contribution in [3.8, 4) is 17.2 Å². The lowest BCUT2D eigenvalue weighted by Crippen LogP contribution is -2.12. The molecule has 0 spiro atoms. The van der Waals surface area contributed by atoms with Crippen LogP contribution in [0.15, 0.2) is 48.5 Å². The van der Waals surface area contributed by atoms with E-state index in [-0.39, 0.29) is 6.10 Å². The van der Waals surface area contributed by atoms with E-state index < -0.39 is 0 Å². The second kappa shape index (κ2) is 8.28. The molecule has 1 unspecified atom stereocenters. The lowest BCUT2D eigenvalue weighted by molar-refractivity contribution is 0.243. The highest BCUT2D eigenvalue weighted by molar-refractivity contribution is 5.51. The van der Waals surface area contributed by atoms with Gasteiger partial charge in [-0.05, 0) is 25.0 Å². The third kappa shape index (κ3) is 4.52. The highest BCUT2D eigenvalue weighted by Crippen LogP contribution is 2.33. The minimum atomic E-state index is -0.00711. The molecule has 2 rings (SSSR count). The van der Waals surface area contributed by atoms with Crippen molar-refractivity contribution >= 4 is 6.08 Å². The molecular formula is C20H24O3. The molecule has 0 saturated carbocycles. The number of benzene rings is 2. The maximum atomic E-state index is 6.08. The van der Waals surface area contributed by atoms with Gasteiger partial charge < -0.3 is 14.2 Å². The van der Waals surface area contributed by atoms with Crippen LogP contribution in [0.3, 0.4) is 0 Å². The van der Waals surface area contributed by atoms with Gasteiger partial charge in [-0.1, -0.05) is 43.3 Å². The van der Waals surface area contributed by atoms with Crippen LogP contribution in [0.25, 0.3) is 6.08 Å². The van der Waals surface area contributed by atoms with Crippen molar-refractivity contribution in [3.05, 3.63) is 59.7 Å². The van der Waals surface area contributed by atoms with E-state index in [0.29, 0.717) is 0 Å². The average molecular weight is 312 g/mol. The molecule has 0 fully saturated rings. The number of hydrogen-bond acceptors (Lipinski definition) is 3. The predicted octanol–water partition coefficient (Wildman–Crippen LogP) is 4.88. The van der Waals surface area contributed by atoms with Gasteiger partial charge in [0.25, 0.3) is 0 Å². The zero-order chi connectivity index (χ0) is 16.7. The number of methoxy groups -OCH3 is 2. The fourth-order valence-electron chi connectivity index (χ4n) is 2.35. The maximum absolute atomic E-state index is 6.08. The van der Waals surface area contributed by atoms with Crippen molar-refractivity contribution in [2.75, 3.05) is 14.2 Å². The standard InChI is InChI=1S/C20H24O3/c1-5-17(12-11-16-9-7-6-8-10-16)23-18-13-19(21-3)15(2)20(14-18)22-4/h6-14,17H,5H2,1-4H3/b12-11+. The minimum absolute atomic E-state index is 0.00711. The highest BCUT2D eigenvalue weighted by Gasteiger charge is 2.11. The summed E-state index contributed by atoms with van der Waals surface area (Å²) in [6.07, 6.45) is 5.03. The quantitative estimate of drug-likeness (QED) is 0.729. The van der Waals surface area contributed by atoms with Gasteiger partial charge >= 0.3 is 0 Å². The molecule has 0 aliphatic heterocycles. The number of ether oxygens (including phenoxy) is 3. The van der Waals surface area contributed by atoms with Gasteiger partial charge in [-0.3, -0.25) is 0 Å². The van der Waals surface area contributed by atoms with Gasteiger partial charge in [0.15, 0.2) is 0 Å². The van der Waals surface area contributed by atoms with E-state index in [0.717, 1.165) is 34.8 Å². The molecular weight excluding hydrogens is 288 g/mol. The molecule has 0 saturated heterocycles. The van der Waals surface area contributed by atoms with E-state index in [2.05, 4.69) is 31.2 Å². The summed E-state index contributed by atoms with van der Waals surface area (Å²) in [5, 5.41) is 0. The Hall–Kier alpha value is -2.42. The molecule has 0 heterocycles. The van der Waals surface area contributed by atoms with Gasteiger partial charge in [0, 0.05) is 17.7 Å². The summed E-state index contributed by atoms with van der Waals surface area (Å²) >= 11 is 0. The Morgan fingerprint density at radius 2 is 1.61 bits per heavy atom. The summed E-state index contributed by atoms with van der Waals surface area (Å²) in [6.45, 7) is 4.07. The molecule has 3 nitrogen and oxygen atoms in total. The molecule has 2 aromatic carbocycles. The third-order valence-electron chi connectivity index (χ3n) is 3.72. The first kappa shape index (κ1) is 16.9. The lowest BCUT2D eigenvalue weighted by Gasteiger charge is -2.17. The molecule has 0 aliphatic rings. The molecule has 0 amide bonds. The van der Waals surface area contributed by atoms with Crippen molar-refractivity contribution in [2.45, 2.75) is 26.4 Å². The van der Waals surface area contributed by atoms with Crippen molar-refractivity contribution in [2.24, 2.45) is 0 Å². The average Bonchev–Trinajstić information content (AvgIpc) is 2.60. The van der Waals surface area contributed by atoms with E-state index in [9.17, 15) is 0 Å². The first-order valence-corrected chi connectivity index (χ1v) is 7.80. The van der Waals surface area contributed by atoms with Crippen LogP contribution in [0.5, 0.6) is 17.2 Å². The van der Waals surface area contributed by atoms with E-state index in [4.69, 9.17) is 14.2 Å². The largest absolute Gasteiger partial charge is 0.496 e. The molecule has 2 aromatic rings. The minimum Gasteiger partial charge on any atom is -0.496 e. The molecule has 0 radical (unpaired) electrons. The Labute approximate surface area is 138 Å². The Bertz CT molecular complexity index is 622. The van der Waals surface area contributed by atoms with E-state index in [1.165, 1.54) is 0 Å². The summed E-state index contributed by atoms with van der Waals surface area (Å²) in [6, 6.07) is 14.0. The van der Waals surface area contributed by atoms with Crippen LogP contribution in [0, 0.1) is 6.92 Å². The second-order valence-corrected chi connectivity index (χ2v) is 5.29. The van der Waals surface area contributed by atoms with Crippen LogP contribution in [-0.4, -0.2) is 20.3 Å². The molecule has 0 aromatic heterocycles. The fraction of sp³-hybridized carbons (Fsp3) is 0.300. The highest BCUT2D eigenvalue weighted by atomic mass is 16.5. The van der Waals surface area contributed by atoms with Crippen molar-refractivity contribution in [1.82, 2.24) is 0 Å². The maximum Gasteiger partial charge on any atom is 0.129 e. The van der Waals surface area contributed by atoms with Crippen LogP contribution in [0.1, 0.15) is 24.5 Å². The number of rotatable bonds is 7. The summed E-state index contributed by atoms with van der Waals surface area (Å²) in [5.41, 5.74) is 2.13. The Kier molecular flexibility index (Phi) is 6.10. The van der Waals surface area contributed by atoms with Crippen LogP contribution in [0.4, 0.5) is 0 Å². The van der Waals surface area contributed by atoms with E-state index in [1.54, 1.807) is 14.2 Å². The topological polar surface area (TPSA) is 27.7 Å². The molecule has 3 heteroatoms.